The van der Waals surface area contributed by atoms with Gasteiger partial charge < -0.3 is 15.2 Å². The van der Waals surface area contributed by atoms with Gasteiger partial charge in [0.1, 0.15) is 18.5 Å². The van der Waals surface area contributed by atoms with E-state index in [2.05, 4.69) is 26.1 Å². The van der Waals surface area contributed by atoms with Gasteiger partial charge in [0.15, 0.2) is 0 Å². The summed E-state index contributed by atoms with van der Waals surface area (Å²) < 4.78 is 5.51. The van der Waals surface area contributed by atoms with Crippen molar-refractivity contribution in [1.29, 1.82) is 0 Å². The number of β-amino-alcohol motifs (C(OH)–C–C–N with tert-alkyl or cyclic N) is 1. The van der Waals surface area contributed by atoms with Crippen LogP contribution in [0.3, 0.4) is 0 Å². The number of benzene rings is 1. The minimum Gasteiger partial charge on any atom is -0.489 e. The predicted octanol–water partition coefficient (Wildman–Crippen LogP) is 3.90. The van der Waals surface area contributed by atoms with E-state index >= 15 is 0 Å². The van der Waals surface area contributed by atoms with E-state index in [1.165, 1.54) is 0 Å². The zero-order valence-electron chi connectivity index (χ0n) is 12.2. The SMILES string of the molecule is CCC(C)(CC)NCC(O)COc1ccc(Cl)cc1Cl. The molecule has 0 saturated heterocycles. The Morgan fingerprint density at radius 2 is 1.95 bits per heavy atom. The summed E-state index contributed by atoms with van der Waals surface area (Å²) >= 11 is 11.8. The van der Waals surface area contributed by atoms with Gasteiger partial charge >= 0.3 is 0 Å². The molecule has 0 saturated carbocycles. The number of hydrogen-bond acceptors (Lipinski definition) is 3. The van der Waals surface area contributed by atoms with Crippen LogP contribution in [-0.2, 0) is 0 Å². The van der Waals surface area contributed by atoms with Crippen molar-refractivity contribution in [2.24, 2.45) is 0 Å². The minimum absolute atomic E-state index is 0.0545. The molecule has 1 rings (SSSR count). The van der Waals surface area contributed by atoms with Crippen LogP contribution in [0.15, 0.2) is 18.2 Å². The van der Waals surface area contributed by atoms with Gasteiger partial charge in [0.05, 0.1) is 5.02 Å². The van der Waals surface area contributed by atoms with E-state index in [0.717, 1.165) is 12.8 Å². The number of halogens is 2. The van der Waals surface area contributed by atoms with Gasteiger partial charge in [0.2, 0.25) is 0 Å². The second-order valence-corrected chi connectivity index (χ2v) is 6.03. The molecule has 0 aromatic heterocycles. The first-order valence-corrected chi connectivity index (χ1v) is 7.66. The third kappa shape index (κ3) is 5.49. The van der Waals surface area contributed by atoms with Gasteiger partial charge in [0, 0.05) is 17.1 Å². The van der Waals surface area contributed by atoms with Gasteiger partial charge in [-0.3, -0.25) is 0 Å². The van der Waals surface area contributed by atoms with Crippen molar-refractivity contribution in [3.05, 3.63) is 28.2 Å². The average Bonchev–Trinajstić information content (AvgIpc) is 2.44. The molecular weight excluding hydrogens is 297 g/mol. The standard InChI is InChI=1S/C15H23Cl2NO2/c1-4-15(3,5-2)18-9-12(19)10-20-14-7-6-11(16)8-13(14)17/h6-8,12,18-19H,4-5,9-10H2,1-3H3. The van der Waals surface area contributed by atoms with Crippen LogP contribution in [-0.4, -0.2) is 29.9 Å². The largest absolute Gasteiger partial charge is 0.489 e. The fraction of sp³-hybridized carbons (Fsp3) is 0.600. The molecule has 1 aromatic carbocycles. The van der Waals surface area contributed by atoms with Gasteiger partial charge in [0.25, 0.3) is 0 Å². The maximum Gasteiger partial charge on any atom is 0.138 e. The minimum atomic E-state index is -0.584. The van der Waals surface area contributed by atoms with Gasteiger partial charge in [-0.25, -0.2) is 0 Å². The van der Waals surface area contributed by atoms with Crippen molar-refractivity contribution < 1.29 is 9.84 Å². The van der Waals surface area contributed by atoms with Crippen molar-refractivity contribution >= 4 is 23.2 Å². The summed E-state index contributed by atoms with van der Waals surface area (Å²) in [5.74, 6) is 0.531. The Kier molecular flexibility index (Phi) is 7.10. The topological polar surface area (TPSA) is 41.5 Å². The first-order chi connectivity index (χ1) is 9.40. The highest BCUT2D eigenvalue weighted by Gasteiger charge is 2.20. The van der Waals surface area contributed by atoms with E-state index < -0.39 is 6.10 Å². The predicted molar refractivity (Wildman–Crippen MR) is 85.0 cm³/mol. The van der Waals surface area contributed by atoms with Crippen molar-refractivity contribution in [3.63, 3.8) is 0 Å². The number of aliphatic hydroxyl groups excluding tert-OH is 1. The monoisotopic (exact) mass is 319 g/mol. The van der Waals surface area contributed by atoms with Gasteiger partial charge in [-0.05, 0) is 38.0 Å². The molecule has 0 fully saturated rings. The number of ether oxygens (including phenoxy) is 1. The van der Waals surface area contributed by atoms with E-state index in [9.17, 15) is 5.11 Å². The summed E-state index contributed by atoms with van der Waals surface area (Å²) in [4.78, 5) is 0. The second-order valence-electron chi connectivity index (χ2n) is 5.19. The van der Waals surface area contributed by atoms with Crippen LogP contribution in [0.25, 0.3) is 0 Å². The lowest BCUT2D eigenvalue weighted by Crippen LogP contribution is -2.46. The maximum atomic E-state index is 9.95. The molecule has 0 radical (unpaired) electrons. The summed E-state index contributed by atoms with van der Waals surface area (Å²) in [6.45, 7) is 7.09. The molecule has 0 heterocycles. The number of rotatable bonds is 8. The van der Waals surface area contributed by atoms with Crippen LogP contribution >= 0.6 is 23.2 Å². The van der Waals surface area contributed by atoms with Gasteiger partial charge in [-0.1, -0.05) is 37.0 Å². The summed E-state index contributed by atoms with van der Waals surface area (Å²) in [6, 6.07) is 5.03. The molecule has 0 amide bonds. The third-order valence-corrected chi connectivity index (χ3v) is 4.18. The van der Waals surface area contributed by atoms with Crippen LogP contribution in [0, 0.1) is 0 Å². The summed E-state index contributed by atoms with van der Waals surface area (Å²) in [7, 11) is 0. The van der Waals surface area contributed by atoms with E-state index in [4.69, 9.17) is 27.9 Å². The van der Waals surface area contributed by atoms with E-state index in [-0.39, 0.29) is 12.1 Å². The molecular formula is C15H23Cl2NO2. The highest BCUT2D eigenvalue weighted by atomic mass is 35.5. The number of nitrogens with one attached hydrogen (secondary N) is 1. The average molecular weight is 320 g/mol. The number of hydrogen-bond donors (Lipinski definition) is 2. The molecule has 1 unspecified atom stereocenters. The molecule has 1 atom stereocenters. The molecule has 0 aliphatic carbocycles. The van der Waals surface area contributed by atoms with Crippen LogP contribution < -0.4 is 10.1 Å². The Morgan fingerprint density at radius 3 is 2.50 bits per heavy atom. The lowest BCUT2D eigenvalue weighted by molar-refractivity contribution is 0.0967. The van der Waals surface area contributed by atoms with Gasteiger partial charge in [-0.2, -0.15) is 0 Å². The van der Waals surface area contributed by atoms with Crippen molar-refractivity contribution in [2.45, 2.75) is 45.3 Å². The summed E-state index contributed by atoms with van der Waals surface area (Å²) in [6.07, 6.45) is 1.44. The fourth-order valence-electron chi connectivity index (χ4n) is 1.70. The third-order valence-electron chi connectivity index (χ3n) is 3.65. The van der Waals surface area contributed by atoms with Crippen LogP contribution in [0.1, 0.15) is 33.6 Å². The smallest absolute Gasteiger partial charge is 0.138 e. The highest BCUT2D eigenvalue weighted by molar-refractivity contribution is 6.35. The molecule has 0 aliphatic heterocycles. The van der Waals surface area contributed by atoms with E-state index in [0.29, 0.717) is 22.3 Å². The van der Waals surface area contributed by atoms with Crippen LogP contribution in [0.2, 0.25) is 10.0 Å². The lowest BCUT2D eigenvalue weighted by Gasteiger charge is -2.29. The highest BCUT2D eigenvalue weighted by Crippen LogP contribution is 2.27. The lowest BCUT2D eigenvalue weighted by atomic mass is 9.95. The van der Waals surface area contributed by atoms with Crippen molar-refractivity contribution in [3.8, 4) is 5.75 Å². The van der Waals surface area contributed by atoms with Crippen LogP contribution in [0.5, 0.6) is 5.75 Å². The Bertz CT molecular complexity index is 422. The Hall–Kier alpha value is -0.480. The molecule has 114 valence electrons. The maximum absolute atomic E-state index is 9.95. The van der Waals surface area contributed by atoms with Gasteiger partial charge in [-0.15, -0.1) is 0 Å². The Balaban J connectivity index is 2.41. The second kappa shape index (κ2) is 8.08. The molecule has 2 N–H and O–H groups in total. The van der Waals surface area contributed by atoms with E-state index in [1.54, 1.807) is 18.2 Å². The molecule has 0 spiro atoms. The number of aliphatic hydroxyl groups is 1. The van der Waals surface area contributed by atoms with Crippen molar-refractivity contribution in [2.75, 3.05) is 13.2 Å². The zero-order chi connectivity index (χ0) is 15.2. The molecule has 20 heavy (non-hydrogen) atoms. The fourth-order valence-corrected chi connectivity index (χ4v) is 2.16. The van der Waals surface area contributed by atoms with Crippen LogP contribution in [0.4, 0.5) is 0 Å². The molecule has 5 heteroatoms. The molecule has 0 bridgehead atoms. The Morgan fingerprint density at radius 1 is 1.30 bits per heavy atom. The molecule has 0 aliphatic rings. The summed E-state index contributed by atoms with van der Waals surface area (Å²) in [5, 5.41) is 14.3. The first-order valence-electron chi connectivity index (χ1n) is 6.91. The molecule has 1 aromatic rings. The zero-order valence-corrected chi connectivity index (χ0v) is 13.8. The Labute approximate surface area is 131 Å². The normalized spacial score (nSPS) is 13.3. The van der Waals surface area contributed by atoms with Crippen molar-refractivity contribution in [1.82, 2.24) is 5.32 Å². The summed E-state index contributed by atoms with van der Waals surface area (Å²) in [5.41, 5.74) is 0.0545. The van der Waals surface area contributed by atoms with E-state index in [1.807, 2.05) is 0 Å². The molecule has 3 nitrogen and oxygen atoms in total. The quantitative estimate of drug-likeness (QED) is 0.763. The first kappa shape index (κ1) is 17.6.